The van der Waals surface area contributed by atoms with Crippen molar-refractivity contribution in [2.24, 2.45) is 4.99 Å². The molecule has 0 saturated carbocycles. The van der Waals surface area contributed by atoms with E-state index >= 15 is 0 Å². The minimum Gasteiger partial charge on any atom is -0.298 e. The predicted octanol–water partition coefficient (Wildman–Crippen LogP) is 6.04. The third-order valence-electron chi connectivity index (χ3n) is 4.32. The van der Waals surface area contributed by atoms with Crippen LogP contribution in [0.4, 0.5) is 0 Å². The molecule has 0 aromatic heterocycles. The second-order valence-electron chi connectivity index (χ2n) is 6.79. The van der Waals surface area contributed by atoms with Gasteiger partial charge in [-0.2, -0.15) is 0 Å². The summed E-state index contributed by atoms with van der Waals surface area (Å²) in [7, 11) is 0. The monoisotopic (exact) mass is 357 g/mol. The van der Waals surface area contributed by atoms with Crippen molar-refractivity contribution in [1.82, 2.24) is 0 Å². The molecular formula is C25H27NO. The molecule has 0 aliphatic carbocycles. The average molecular weight is 357 g/mol. The van der Waals surface area contributed by atoms with Gasteiger partial charge >= 0.3 is 0 Å². The maximum Gasteiger partial charge on any atom is 0.150 e. The Bertz CT molecular complexity index is 911. The van der Waals surface area contributed by atoms with Crippen molar-refractivity contribution < 1.29 is 4.79 Å². The van der Waals surface area contributed by atoms with Gasteiger partial charge in [0, 0.05) is 11.8 Å². The first-order valence-corrected chi connectivity index (χ1v) is 9.13. The second kappa shape index (κ2) is 10.2. The summed E-state index contributed by atoms with van der Waals surface area (Å²) in [6.07, 6.45) is 2.84. The Morgan fingerprint density at radius 3 is 1.81 bits per heavy atom. The molecule has 0 saturated heterocycles. The van der Waals surface area contributed by atoms with Crippen molar-refractivity contribution >= 4 is 12.5 Å². The molecule has 3 aromatic carbocycles. The van der Waals surface area contributed by atoms with Crippen LogP contribution in [0.3, 0.4) is 0 Å². The molecule has 0 spiro atoms. The highest BCUT2D eigenvalue weighted by atomic mass is 16.1. The van der Waals surface area contributed by atoms with Gasteiger partial charge in [0.15, 0.2) is 0 Å². The number of aliphatic imine (C=N–C) groups is 1. The molecule has 0 N–H and O–H groups in total. The summed E-state index contributed by atoms with van der Waals surface area (Å²) >= 11 is 0. The fraction of sp³-hybridized carbons (Fsp3) is 0.200. The number of carbonyl (C=O) groups excluding carboxylic acids is 1. The number of benzene rings is 3. The highest BCUT2D eigenvalue weighted by molar-refractivity contribution is 5.81. The molecule has 0 aliphatic rings. The van der Waals surface area contributed by atoms with Crippen LogP contribution in [0, 0.1) is 27.7 Å². The fourth-order valence-corrected chi connectivity index (χ4v) is 2.76. The van der Waals surface area contributed by atoms with Crippen LogP contribution < -0.4 is 0 Å². The quantitative estimate of drug-likeness (QED) is 0.413. The number of hydrogen-bond donors (Lipinski definition) is 0. The normalized spacial score (nSPS) is 10.4. The molecule has 27 heavy (non-hydrogen) atoms. The van der Waals surface area contributed by atoms with Gasteiger partial charge in [-0.15, -0.1) is 0 Å². The number of aldehydes is 1. The minimum atomic E-state index is 0.744. The van der Waals surface area contributed by atoms with Gasteiger partial charge in [0.25, 0.3) is 0 Å². The lowest BCUT2D eigenvalue weighted by atomic mass is 10.1. The maximum atomic E-state index is 10.3. The Labute approximate surface area is 162 Å². The topological polar surface area (TPSA) is 29.4 Å². The van der Waals surface area contributed by atoms with Crippen molar-refractivity contribution in [2.75, 3.05) is 0 Å². The van der Waals surface area contributed by atoms with Crippen LogP contribution in [0.15, 0.2) is 71.7 Å². The standard InChI is InChI=1S/C16H17N.C9H10O/c1-13-8-9-16(14(2)10-13)12-17-11-15-6-4-3-5-7-15;1-7-3-4-9(6-10)8(2)5-7/h3-10,12H,11H2,1-2H3;3-6H,1-2H3/b17-12+;. The predicted molar refractivity (Wildman–Crippen MR) is 115 cm³/mol. The first kappa shape index (κ1) is 20.3. The summed E-state index contributed by atoms with van der Waals surface area (Å²) in [5, 5.41) is 0. The third-order valence-corrected chi connectivity index (χ3v) is 4.32. The van der Waals surface area contributed by atoms with E-state index in [-0.39, 0.29) is 0 Å². The number of rotatable bonds is 4. The molecule has 0 unspecified atom stereocenters. The highest BCUT2D eigenvalue weighted by Gasteiger charge is 1.95. The molecule has 2 nitrogen and oxygen atoms in total. The van der Waals surface area contributed by atoms with Crippen LogP contribution >= 0.6 is 0 Å². The molecule has 2 heteroatoms. The smallest absolute Gasteiger partial charge is 0.150 e. The maximum absolute atomic E-state index is 10.3. The van der Waals surface area contributed by atoms with Crippen molar-refractivity contribution in [3.8, 4) is 0 Å². The van der Waals surface area contributed by atoms with Crippen LogP contribution in [0.1, 0.15) is 43.7 Å². The molecule has 3 rings (SSSR count). The Kier molecular flexibility index (Phi) is 7.69. The van der Waals surface area contributed by atoms with Crippen molar-refractivity contribution in [3.05, 3.63) is 106 Å². The molecule has 0 fully saturated rings. The van der Waals surface area contributed by atoms with E-state index in [2.05, 4.69) is 49.2 Å². The summed E-state index contributed by atoms with van der Waals surface area (Å²) in [6, 6.07) is 22.5. The second-order valence-corrected chi connectivity index (χ2v) is 6.79. The summed E-state index contributed by atoms with van der Waals surface area (Å²) < 4.78 is 0. The SMILES string of the molecule is Cc1ccc(/C=N/Cc2ccccc2)c(C)c1.Cc1ccc(C=O)c(C)c1. The third kappa shape index (κ3) is 6.67. The molecule has 138 valence electrons. The van der Waals surface area contributed by atoms with E-state index in [1.54, 1.807) is 0 Å². The van der Waals surface area contributed by atoms with Crippen molar-refractivity contribution in [1.29, 1.82) is 0 Å². The Hall–Kier alpha value is -3.00. The van der Waals surface area contributed by atoms with E-state index in [4.69, 9.17) is 0 Å². The van der Waals surface area contributed by atoms with Gasteiger partial charge in [0.2, 0.25) is 0 Å². The van der Waals surface area contributed by atoms with Crippen LogP contribution in [0.5, 0.6) is 0 Å². The zero-order valence-corrected chi connectivity index (χ0v) is 16.6. The molecule has 0 heterocycles. The summed E-state index contributed by atoms with van der Waals surface area (Å²) in [5.74, 6) is 0. The van der Waals surface area contributed by atoms with Gasteiger partial charge in [-0.25, -0.2) is 0 Å². The van der Waals surface area contributed by atoms with Gasteiger partial charge in [-0.05, 0) is 49.9 Å². The summed E-state index contributed by atoms with van der Waals surface area (Å²) in [5.41, 5.74) is 8.05. The number of hydrogen-bond acceptors (Lipinski definition) is 2. The lowest BCUT2D eigenvalue weighted by Crippen LogP contribution is -1.89. The summed E-state index contributed by atoms with van der Waals surface area (Å²) in [6.45, 7) is 8.93. The Morgan fingerprint density at radius 1 is 0.741 bits per heavy atom. The minimum absolute atomic E-state index is 0.744. The van der Waals surface area contributed by atoms with Crippen LogP contribution in [0.2, 0.25) is 0 Å². The first-order chi connectivity index (χ1) is 13.0. The lowest BCUT2D eigenvalue weighted by molar-refractivity contribution is 0.112. The number of nitrogens with zero attached hydrogens (tertiary/aromatic N) is 1. The molecule has 0 aliphatic heterocycles. The van der Waals surface area contributed by atoms with Crippen LogP contribution in [0.25, 0.3) is 0 Å². The largest absolute Gasteiger partial charge is 0.298 e. The highest BCUT2D eigenvalue weighted by Crippen LogP contribution is 2.09. The van der Waals surface area contributed by atoms with E-state index in [9.17, 15) is 4.79 Å². The van der Waals surface area contributed by atoms with Gasteiger partial charge in [-0.3, -0.25) is 9.79 Å². The first-order valence-electron chi connectivity index (χ1n) is 9.13. The van der Waals surface area contributed by atoms with Gasteiger partial charge in [-0.1, -0.05) is 77.9 Å². The summed E-state index contributed by atoms with van der Waals surface area (Å²) in [4.78, 5) is 14.8. The molecule has 0 bridgehead atoms. The van der Waals surface area contributed by atoms with E-state index in [0.29, 0.717) is 0 Å². The molecule has 0 atom stereocenters. The van der Waals surface area contributed by atoms with Crippen molar-refractivity contribution in [2.45, 2.75) is 34.2 Å². The fourth-order valence-electron chi connectivity index (χ4n) is 2.76. The van der Waals surface area contributed by atoms with Crippen LogP contribution in [-0.4, -0.2) is 12.5 Å². The molecular weight excluding hydrogens is 330 g/mol. The zero-order chi connectivity index (χ0) is 19.6. The molecule has 0 amide bonds. The molecule has 3 aromatic rings. The molecule has 0 radical (unpaired) electrons. The van der Waals surface area contributed by atoms with Gasteiger partial charge in [0.1, 0.15) is 6.29 Å². The zero-order valence-electron chi connectivity index (χ0n) is 16.6. The van der Waals surface area contributed by atoms with E-state index in [0.717, 1.165) is 24.0 Å². The van der Waals surface area contributed by atoms with Crippen LogP contribution in [-0.2, 0) is 6.54 Å². The number of carbonyl (C=O) groups is 1. The Morgan fingerprint density at radius 2 is 1.30 bits per heavy atom. The van der Waals surface area contributed by atoms with Crippen molar-refractivity contribution in [3.63, 3.8) is 0 Å². The van der Waals surface area contributed by atoms with E-state index in [1.165, 1.54) is 27.8 Å². The lowest BCUT2D eigenvalue weighted by Gasteiger charge is -2.01. The van der Waals surface area contributed by atoms with Gasteiger partial charge < -0.3 is 0 Å². The van der Waals surface area contributed by atoms with E-state index in [1.807, 2.05) is 56.5 Å². The van der Waals surface area contributed by atoms with E-state index < -0.39 is 0 Å². The number of aryl methyl sites for hydroxylation is 4. The van der Waals surface area contributed by atoms with Gasteiger partial charge in [0.05, 0.1) is 6.54 Å². The Balaban J connectivity index is 0.000000223. The average Bonchev–Trinajstić information content (AvgIpc) is 2.65.